The second-order valence-corrected chi connectivity index (χ2v) is 6.16. The molecule has 1 aliphatic heterocycles. The average Bonchev–Trinajstić information content (AvgIpc) is 2.40. The van der Waals surface area contributed by atoms with Gasteiger partial charge in [-0.2, -0.15) is 0 Å². The lowest BCUT2D eigenvalue weighted by molar-refractivity contribution is -0.142. The summed E-state index contributed by atoms with van der Waals surface area (Å²) in [5.41, 5.74) is 0.496. The summed E-state index contributed by atoms with van der Waals surface area (Å²) in [7, 11) is 0. The highest BCUT2D eigenvalue weighted by molar-refractivity contribution is 9.11. The highest BCUT2D eigenvalue weighted by Gasteiger charge is 2.48. The van der Waals surface area contributed by atoms with Crippen LogP contribution in [-0.4, -0.2) is 22.1 Å². The molecule has 86 valence electrons. The minimum absolute atomic E-state index is 0.286. The minimum Gasteiger partial charge on any atom is -0.304 e. The van der Waals surface area contributed by atoms with Crippen LogP contribution >= 0.6 is 15.9 Å². The third-order valence-corrected chi connectivity index (χ3v) is 3.44. The van der Waals surface area contributed by atoms with Gasteiger partial charge in [0.15, 0.2) is 0 Å². The van der Waals surface area contributed by atoms with Gasteiger partial charge in [-0.15, -0.1) is 0 Å². The fraction of sp³-hybridized carbons (Fsp3) is 0.500. The van der Waals surface area contributed by atoms with E-state index >= 15 is 0 Å². The van der Waals surface area contributed by atoms with Gasteiger partial charge in [0.2, 0.25) is 5.78 Å². The monoisotopic (exact) mass is 283 g/mol. The Morgan fingerprint density at radius 3 is 2.50 bits per heavy atom. The van der Waals surface area contributed by atoms with Crippen molar-refractivity contribution in [3.05, 3.63) is 22.3 Å². The molecule has 1 saturated heterocycles. The Morgan fingerprint density at radius 2 is 1.94 bits per heavy atom. The molecule has 0 bridgehead atoms. The van der Waals surface area contributed by atoms with Crippen molar-refractivity contribution in [2.45, 2.75) is 32.7 Å². The van der Waals surface area contributed by atoms with Crippen molar-refractivity contribution < 1.29 is 9.59 Å². The smallest absolute Gasteiger partial charge is 0.295 e. The van der Waals surface area contributed by atoms with Crippen LogP contribution in [0.3, 0.4) is 0 Å². The molecule has 1 fully saturated rings. The lowest BCUT2D eigenvalue weighted by Crippen LogP contribution is -2.42. The van der Waals surface area contributed by atoms with Gasteiger partial charge in [-0.1, -0.05) is 22.0 Å². The molecule has 1 aliphatic carbocycles. The quantitative estimate of drug-likeness (QED) is 0.640. The highest BCUT2D eigenvalue weighted by Crippen LogP contribution is 2.39. The number of allylic oxidation sites excluding steroid dienone is 4. The standard InChI is InChI=1S/C12H14BrNO2/c1-12(2,3)14-9-5-4-7(13)6-8(9)10(15)11(14)16/h4-5,8H,6H2,1-3H3. The Labute approximate surface area is 103 Å². The van der Waals surface area contributed by atoms with Crippen molar-refractivity contribution >= 4 is 27.6 Å². The predicted octanol–water partition coefficient (Wildman–Crippen LogP) is 2.38. The fourth-order valence-corrected chi connectivity index (χ4v) is 2.64. The van der Waals surface area contributed by atoms with Crippen molar-refractivity contribution in [1.29, 1.82) is 0 Å². The summed E-state index contributed by atoms with van der Waals surface area (Å²) in [5.74, 6) is -0.948. The lowest BCUT2D eigenvalue weighted by atomic mass is 9.95. The van der Waals surface area contributed by atoms with Gasteiger partial charge in [0, 0.05) is 11.2 Å². The number of carbonyl (C=O) groups excluding carboxylic acids is 2. The summed E-state index contributed by atoms with van der Waals surface area (Å²) < 4.78 is 0.971. The van der Waals surface area contributed by atoms with Crippen LogP contribution in [0.4, 0.5) is 0 Å². The summed E-state index contributed by atoms with van der Waals surface area (Å²) in [6, 6.07) is 0. The molecule has 4 heteroatoms. The van der Waals surface area contributed by atoms with Crippen molar-refractivity contribution in [2.24, 2.45) is 5.92 Å². The molecule has 1 amide bonds. The zero-order valence-corrected chi connectivity index (χ0v) is 11.2. The van der Waals surface area contributed by atoms with Gasteiger partial charge in [0.25, 0.3) is 5.91 Å². The summed E-state index contributed by atoms with van der Waals surface area (Å²) >= 11 is 3.38. The molecule has 3 nitrogen and oxygen atoms in total. The van der Waals surface area contributed by atoms with Crippen LogP contribution in [0.25, 0.3) is 0 Å². The van der Waals surface area contributed by atoms with Gasteiger partial charge in [-0.05, 0) is 37.8 Å². The molecule has 0 radical (unpaired) electrons. The Hall–Kier alpha value is -0.900. The van der Waals surface area contributed by atoms with Crippen LogP contribution in [-0.2, 0) is 9.59 Å². The summed E-state index contributed by atoms with van der Waals surface area (Å²) in [4.78, 5) is 25.4. The molecular weight excluding hydrogens is 270 g/mol. The number of carbonyl (C=O) groups is 2. The number of ketones is 1. The maximum atomic E-state index is 11.9. The van der Waals surface area contributed by atoms with Crippen molar-refractivity contribution in [2.75, 3.05) is 0 Å². The first-order chi connectivity index (χ1) is 7.32. The maximum absolute atomic E-state index is 11.9. The number of likely N-dealkylation sites (tertiary alicyclic amines) is 1. The minimum atomic E-state index is -0.376. The summed E-state index contributed by atoms with van der Waals surface area (Å²) in [5, 5.41) is 0. The number of rotatable bonds is 0. The third-order valence-electron chi connectivity index (χ3n) is 2.85. The Kier molecular flexibility index (Phi) is 2.57. The SMILES string of the molecule is CC(C)(C)N1C(=O)C(=O)C2CC(Br)=CC=C21. The zero-order valence-electron chi connectivity index (χ0n) is 9.58. The average molecular weight is 284 g/mol. The topological polar surface area (TPSA) is 37.4 Å². The first-order valence-electron chi connectivity index (χ1n) is 5.27. The molecule has 2 aliphatic rings. The second kappa shape index (κ2) is 3.55. The molecule has 0 N–H and O–H groups in total. The Balaban J connectivity index is 2.47. The van der Waals surface area contributed by atoms with Crippen LogP contribution in [0, 0.1) is 5.92 Å². The summed E-state index contributed by atoms with van der Waals surface area (Å²) in [6.07, 6.45) is 4.38. The number of amides is 1. The lowest BCUT2D eigenvalue weighted by Gasteiger charge is -2.33. The number of nitrogens with zero attached hydrogens (tertiary/aromatic N) is 1. The number of halogens is 1. The van der Waals surface area contributed by atoms with E-state index in [-0.39, 0.29) is 23.1 Å². The molecular formula is C12H14BrNO2. The molecule has 0 saturated carbocycles. The molecule has 1 heterocycles. The van der Waals surface area contributed by atoms with E-state index in [1.165, 1.54) is 0 Å². The van der Waals surface area contributed by atoms with E-state index in [9.17, 15) is 9.59 Å². The zero-order chi connectivity index (χ0) is 12.1. The predicted molar refractivity (Wildman–Crippen MR) is 64.8 cm³/mol. The molecule has 2 rings (SSSR count). The van der Waals surface area contributed by atoms with Gasteiger partial charge in [-0.25, -0.2) is 0 Å². The van der Waals surface area contributed by atoms with Gasteiger partial charge < -0.3 is 4.90 Å². The van der Waals surface area contributed by atoms with Crippen molar-refractivity contribution in [3.8, 4) is 0 Å². The maximum Gasteiger partial charge on any atom is 0.295 e. The number of fused-ring (bicyclic) bond motifs is 1. The van der Waals surface area contributed by atoms with Gasteiger partial charge in [-0.3, -0.25) is 9.59 Å². The van der Waals surface area contributed by atoms with Crippen LogP contribution < -0.4 is 0 Å². The van der Waals surface area contributed by atoms with Crippen LogP contribution in [0.15, 0.2) is 22.3 Å². The normalized spacial score (nSPS) is 25.5. The third kappa shape index (κ3) is 1.65. The first-order valence-corrected chi connectivity index (χ1v) is 6.06. The number of hydrogen-bond donors (Lipinski definition) is 0. The van der Waals surface area contributed by atoms with E-state index in [0.29, 0.717) is 6.42 Å². The molecule has 0 aromatic rings. The molecule has 1 atom stereocenters. The van der Waals surface area contributed by atoms with Crippen LogP contribution in [0.1, 0.15) is 27.2 Å². The van der Waals surface area contributed by atoms with E-state index in [0.717, 1.165) is 10.2 Å². The van der Waals surface area contributed by atoms with E-state index in [1.807, 2.05) is 32.9 Å². The number of Topliss-reactive ketones (excluding diaryl/α,β-unsaturated/α-hetero) is 1. The van der Waals surface area contributed by atoms with Gasteiger partial charge in [0.1, 0.15) is 0 Å². The molecule has 0 aromatic heterocycles. The van der Waals surface area contributed by atoms with Crippen molar-refractivity contribution in [1.82, 2.24) is 4.90 Å². The van der Waals surface area contributed by atoms with Crippen molar-refractivity contribution in [3.63, 3.8) is 0 Å². The molecule has 0 spiro atoms. The van der Waals surface area contributed by atoms with E-state index < -0.39 is 0 Å². The first kappa shape index (κ1) is 11.6. The summed E-state index contributed by atoms with van der Waals surface area (Å²) in [6.45, 7) is 5.82. The Morgan fingerprint density at radius 1 is 1.31 bits per heavy atom. The highest BCUT2D eigenvalue weighted by atomic mass is 79.9. The molecule has 1 unspecified atom stereocenters. The number of hydrogen-bond acceptors (Lipinski definition) is 2. The van der Waals surface area contributed by atoms with Crippen LogP contribution in [0.2, 0.25) is 0 Å². The second-order valence-electron chi connectivity index (χ2n) is 5.14. The largest absolute Gasteiger partial charge is 0.304 e. The Bertz CT molecular complexity index is 429. The van der Waals surface area contributed by atoms with Gasteiger partial charge >= 0.3 is 0 Å². The van der Waals surface area contributed by atoms with E-state index in [4.69, 9.17) is 0 Å². The molecule has 16 heavy (non-hydrogen) atoms. The molecule has 0 aromatic carbocycles. The van der Waals surface area contributed by atoms with Crippen LogP contribution in [0.5, 0.6) is 0 Å². The van der Waals surface area contributed by atoms with Gasteiger partial charge in [0.05, 0.1) is 5.92 Å². The fourth-order valence-electron chi connectivity index (χ4n) is 2.19. The van der Waals surface area contributed by atoms with E-state index in [1.54, 1.807) is 4.90 Å². The van der Waals surface area contributed by atoms with E-state index in [2.05, 4.69) is 15.9 Å².